The Hall–Kier alpha value is -1.24. The lowest BCUT2D eigenvalue weighted by Crippen LogP contribution is -1.95. The molecule has 0 aliphatic heterocycles. The minimum atomic E-state index is 0.573. The number of hydrogen-bond acceptors (Lipinski definition) is 1. The highest BCUT2D eigenvalue weighted by Crippen LogP contribution is 2.14. The van der Waals surface area contributed by atoms with Gasteiger partial charge in [0.15, 0.2) is 0 Å². The van der Waals surface area contributed by atoms with E-state index in [0.29, 0.717) is 12.5 Å². The quantitative estimate of drug-likeness (QED) is 0.646. The molecule has 1 nitrogen and oxygen atoms in total. The van der Waals surface area contributed by atoms with E-state index in [2.05, 4.69) is 32.6 Å². The predicted octanol–water partition coefficient (Wildman–Crippen LogP) is 3.45. The molecule has 0 saturated heterocycles. The Labute approximate surface area is 86.4 Å². The third kappa shape index (κ3) is 3.65. The molecule has 76 valence electrons. The van der Waals surface area contributed by atoms with Crippen molar-refractivity contribution >= 4 is 0 Å². The Morgan fingerprint density at radius 2 is 1.93 bits per heavy atom. The van der Waals surface area contributed by atoms with Crippen molar-refractivity contribution < 1.29 is 4.74 Å². The van der Waals surface area contributed by atoms with E-state index in [0.717, 1.165) is 12.2 Å². The van der Waals surface area contributed by atoms with Crippen molar-refractivity contribution in [3.05, 3.63) is 42.5 Å². The topological polar surface area (TPSA) is 9.23 Å². The highest BCUT2D eigenvalue weighted by Gasteiger charge is 1.97. The van der Waals surface area contributed by atoms with Gasteiger partial charge in [0.2, 0.25) is 0 Å². The van der Waals surface area contributed by atoms with E-state index in [1.165, 1.54) is 5.56 Å². The lowest BCUT2D eigenvalue weighted by Gasteiger charge is -2.06. The summed E-state index contributed by atoms with van der Waals surface area (Å²) in [7, 11) is 0. The third-order valence-corrected chi connectivity index (χ3v) is 1.94. The Bertz CT molecular complexity index is 272. The zero-order chi connectivity index (χ0) is 10.4. The van der Waals surface area contributed by atoms with Crippen LogP contribution in [0.5, 0.6) is 5.75 Å². The minimum absolute atomic E-state index is 0.573. The zero-order valence-electron chi connectivity index (χ0n) is 8.99. The van der Waals surface area contributed by atoms with Crippen LogP contribution in [0, 0.1) is 5.92 Å². The fourth-order valence-electron chi connectivity index (χ4n) is 1.35. The van der Waals surface area contributed by atoms with Crippen molar-refractivity contribution in [2.75, 3.05) is 6.61 Å². The molecular weight excluding hydrogens is 172 g/mol. The van der Waals surface area contributed by atoms with Gasteiger partial charge in [0.05, 0.1) is 0 Å². The maximum atomic E-state index is 5.40. The van der Waals surface area contributed by atoms with Crippen LogP contribution in [0.15, 0.2) is 36.9 Å². The van der Waals surface area contributed by atoms with E-state index in [1.54, 1.807) is 6.08 Å². The Morgan fingerprint density at radius 1 is 1.29 bits per heavy atom. The van der Waals surface area contributed by atoms with Crippen LogP contribution >= 0.6 is 0 Å². The molecule has 0 aliphatic rings. The van der Waals surface area contributed by atoms with Crippen molar-refractivity contribution in [1.82, 2.24) is 0 Å². The molecule has 0 aliphatic carbocycles. The van der Waals surface area contributed by atoms with Crippen LogP contribution in [0.4, 0.5) is 0 Å². The third-order valence-electron chi connectivity index (χ3n) is 1.94. The van der Waals surface area contributed by atoms with Crippen molar-refractivity contribution in [2.45, 2.75) is 20.3 Å². The smallest absolute Gasteiger partial charge is 0.119 e. The Morgan fingerprint density at radius 3 is 2.43 bits per heavy atom. The second-order valence-corrected chi connectivity index (χ2v) is 3.84. The Kier molecular flexibility index (Phi) is 4.24. The monoisotopic (exact) mass is 190 g/mol. The van der Waals surface area contributed by atoms with Gasteiger partial charge in [-0.05, 0) is 30.0 Å². The van der Waals surface area contributed by atoms with Crippen LogP contribution in [-0.2, 0) is 6.42 Å². The van der Waals surface area contributed by atoms with Gasteiger partial charge in [-0.1, -0.05) is 38.6 Å². The first-order valence-corrected chi connectivity index (χ1v) is 5.05. The van der Waals surface area contributed by atoms with Crippen LogP contribution in [0.3, 0.4) is 0 Å². The van der Waals surface area contributed by atoms with Crippen LogP contribution in [0.2, 0.25) is 0 Å². The van der Waals surface area contributed by atoms with Gasteiger partial charge in [0.25, 0.3) is 0 Å². The van der Waals surface area contributed by atoms with E-state index in [-0.39, 0.29) is 0 Å². The first kappa shape index (κ1) is 10.8. The molecule has 0 amide bonds. The second kappa shape index (κ2) is 5.48. The first-order chi connectivity index (χ1) is 6.72. The molecule has 0 heterocycles. The lowest BCUT2D eigenvalue weighted by molar-refractivity contribution is 0.363. The molecule has 0 saturated carbocycles. The van der Waals surface area contributed by atoms with E-state index >= 15 is 0 Å². The second-order valence-electron chi connectivity index (χ2n) is 3.84. The van der Waals surface area contributed by atoms with Gasteiger partial charge in [-0.3, -0.25) is 0 Å². The molecule has 0 atom stereocenters. The van der Waals surface area contributed by atoms with Crippen molar-refractivity contribution in [2.24, 2.45) is 5.92 Å². The number of benzene rings is 1. The molecule has 0 N–H and O–H groups in total. The summed E-state index contributed by atoms with van der Waals surface area (Å²) >= 11 is 0. The molecule has 1 rings (SSSR count). The Balaban J connectivity index is 2.54. The average Bonchev–Trinajstić information content (AvgIpc) is 2.16. The fourth-order valence-corrected chi connectivity index (χ4v) is 1.35. The number of hydrogen-bond donors (Lipinski definition) is 0. The molecule has 0 bridgehead atoms. The van der Waals surface area contributed by atoms with E-state index < -0.39 is 0 Å². The van der Waals surface area contributed by atoms with Crippen molar-refractivity contribution in [1.29, 1.82) is 0 Å². The SMILES string of the molecule is C=CCOc1ccc(CC(C)C)cc1. The molecule has 14 heavy (non-hydrogen) atoms. The molecule has 1 aromatic carbocycles. The summed E-state index contributed by atoms with van der Waals surface area (Å²) < 4.78 is 5.40. The van der Waals surface area contributed by atoms with Gasteiger partial charge in [0, 0.05) is 0 Å². The molecule has 0 unspecified atom stereocenters. The van der Waals surface area contributed by atoms with Gasteiger partial charge in [-0.2, -0.15) is 0 Å². The van der Waals surface area contributed by atoms with Gasteiger partial charge in [-0.25, -0.2) is 0 Å². The van der Waals surface area contributed by atoms with E-state index in [9.17, 15) is 0 Å². The van der Waals surface area contributed by atoms with E-state index in [1.807, 2.05) is 12.1 Å². The van der Waals surface area contributed by atoms with E-state index in [4.69, 9.17) is 4.74 Å². The summed E-state index contributed by atoms with van der Waals surface area (Å²) in [5.41, 5.74) is 1.37. The summed E-state index contributed by atoms with van der Waals surface area (Å²) in [6.45, 7) is 8.63. The largest absolute Gasteiger partial charge is 0.490 e. The molecule has 0 spiro atoms. The van der Waals surface area contributed by atoms with Gasteiger partial charge >= 0.3 is 0 Å². The number of rotatable bonds is 5. The molecule has 0 fully saturated rings. The maximum Gasteiger partial charge on any atom is 0.119 e. The zero-order valence-corrected chi connectivity index (χ0v) is 8.99. The summed E-state index contributed by atoms with van der Waals surface area (Å²) in [5.74, 6) is 1.62. The van der Waals surface area contributed by atoms with Gasteiger partial charge < -0.3 is 4.74 Å². The first-order valence-electron chi connectivity index (χ1n) is 5.05. The standard InChI is InChI=1S/C13H18O/c1-4-9-14-13-7-5-12(6-8-13)10-11(2)3/h4-8,11H,1,9-10H2,2-3H3. The highest BCUT2D eigenvalue weighted by molar-refractivity contribution is 5.27. The fraction of sp³-hybridized carbons (Fsp3) is 0.385. The highest BCUT2D eigenvalue weighted by atomic mass is 16.5. The molecule has 0 aromatic heterocycles. The van der Waals surface area contributed by atoms with Crippen LogP contribution in [-0.4, -0.2) is 6.61 Å². The molecule has 1 heteroatoms. The maximum absolute atomic E-state index is 5.40. The number of ether oxygens (including phenoxy) is 1. The summed E-state index contributed by atoms with van der Waals surface area (Å²) in [6.07, 6.45) is 2.88. The van der Waals surface area contributed by atoms with Gasteiger partial charge in [0.1, 0.15) is 12.4 Å². The van der Waals surface area contributed by atoms with Gasteiger partial charge in [-0.15, -0.1) is 0 Å². The van der Waals surface area contributed by atoms with Crippen molar-refractivity contribution in [3.8, 4) is 5.75 Å². The summed E-state index contributed by atoms with van der Waals surface area (Å²) in [6, 6.07) is 8.28. The van der Waals surface area contributed by atoms with Crippen LogP contribution in [0.1, 0.15) is 19.4 Å². The minimum Gasteiger partial charge on any atom is -0.490 e. The predicted molar refractivity (Wildman–Crippen MR) is 60.7 cm³/mol. The van der Waals surface area contributed by atoms with Crippen LogP contribution in [0.25, 0.3) is 0 Å². The molecule has 1 aromatic rings. The summed E-state index contributed by atoms with van der Waals surface area (Å²) in [4.78, 5) is 0. The van der Waals surface area contributed by atoms with Crippen LogP contribution < -0.4 is 4.74 Å². The lowest BCUT2D eigenvalue weighted by atomic mass is 10.0. The van der Waals surface area contributed by atoms with Crippen molar-refractivity contribution in [3.63, 3.8) is 0 Å². The summed E-state index contributed by atoms with van der Waals surface area (Å²) in [5, 5.41) is 0. The normalized spacial score (nSPS) is 10.2. The average molecular weight is 190 g/mol. The molecule has 0 radical (unpaired) electrons. The molecular formula is C13H18O.